The predicted molar refractivity (Wildman–Crippen MR) is 110 cm³/mol. The lowest BCUT2D eigenvalue weighted by atomic mass is 9.99. The van der Waals surface area contributed by atoms with Gasteiger partial charge in [0.1, 0.15) is 11.5 Å². The molecule has 168 valence electrons. The molecule has 2 aromatic carbocycles. The van der Waals surface area contributed by atoms with E-state index in [9.17, 15) is 31.2 Å². The fourth-order valence-electron chi connectivity index (χ4n) is 3.56. The summed E-state index contributed by atoms with van der Waals surface area (Å²) in [6, 6.07) is 7.15. The van der Waals surface area contributed by atoms with Crippen molar-refractivity contribution < 1.29 is 35.9 Å². The second kappa shape index (κ2) is 7.97. The molecule has 0 unspecified atom stereocenters. The molecule has 0 atom stereocenters. The molecular formula is C21H17F3N2O5S. The van der Waals surface area contributed by atoms with Crippen LogP contribution in [0.15, 0.2) is 47.4 Å². The summed E-state index contributed by atoms with van der Waals surface area (Å²) in [7, 11) is -3.74. The number of benzene rings is 2. The molecule has 0 saturated carbocycles. The number of nitrogens with one attached hydrogen (secondary N) is 2. The van der Waals surface area contributed by atoms with Gasteiger partial charge >= 0.3 is 6.18 Å². The lowest BCUT2D eigenvalue weighted by molar-refractivity contribution is -0.137. The van der Waals surface area contributed by atoms with Crippen molar-refractivity contribution in [2.75, 3.05) is 23.0 Å². The number of fused-ring (bicyclic) bond motifs is 2. The van der Waals surface area contributed by atoms with Crippen molar-refractivity contribution in [3.8, 4) is 5.75 Å². The number of rotatable bonds is 2. The topological polar surface area (TPSA) is 102 Å². The summed E-state index contributed by atoms with van der Waals surface area (Å²) < 4.78 is 68.6. The van der Waals surface area contributed by atoms with Crippen molar-refractivity contribution in [3.63, 3.8) is 0 Å². The third-order valence-electron chi connectivity index (χ3n) is 4.99. The monoisotopic (exact) mass is 466 g/mol. The van der Waals surface area contributed by atoms with Crippen molar-refractivity contribution in [2.24, 2.45) is 0 Å². The Hall–Kier alpha value is -3.34. The highest BCUT2D eigenvalue weighted by Gasteiger charge is 2.32. The SMILES string of the molecule is O=C(C=C1CCCOc2cc(C(F)(F)F)ccc21)Nc1ccc2c(c1)NC(=O)CS2(=O)=O. The van der Waals surface area contributed by atoms with Crippen molar-refractivity contribution in [3.05, 3.63) is 53.6 Å². The van der Waals surface area contributed by atoms with Gasteiger partial charge in [-0.1, -0.05) is 6.07 Å². The number of carbonyl (C=O) groups is 2. The summed E-state index contributed by atoms with van der Waals surface area (Å²) in [5, 5.41) is 5.04. The van der Waals surface area contributed by atoms with Crippen molar-refractivity contribution in [2.45, 2.75) is 23.9 Å². The van der Waals surface area contributed by atoms with Gasteiger partial charge in [0.2, 0.25) is 11.8 Å². The number of anilines is 2. The fourth-order valence-corrected chi connectivity index (χ4v) is 4.86. The number of alkyl halides is 3. The Bertz CT molecular complexity index is 1250. The average Bonchev–Trinajstić information content (AvgIpc) is 2.88. The van der Waals surface area contributed by atoms with Crippen LogP contribution in [0.2, 0.25) is 0 Å². The molecule has 0 bridgehead atoms. The van der Waals surface area contributed by atoms with Crippen LogP contribution >= 0.6 is 0 Å². The van der Waals surface area contributed by atoms with Gasteiger partial charge < -0.3 is 15.4 Å². The zero-order valence-electron chi connectivity index (χ0n) is 16.5. The van der Waals surface area contributed by atoms with E-state index in [0.717, 1.165) is 12.1 Å². The van der Waals surface area contributed by atoms with E-state index in [1.807, 2.05) is 0 Å². The number of allylic oxidation sites excluding steroid dienone is 1. The van der Waals surface area contributed by atoms with Crippen LogP contribution in [0.3, 0.4) is 0 Å². The van der Waals surface area contributed by atoms with E-state index < -0.39 is 39.1 Å². The summed E-state index contributed by atoms with van der Waals surface area (Å²) in [6.45, 7) is 0.215. The van der Waals surface area contributed by atoms with Gasteiger partial charge in [-0.05, 0) is 48.7 Å². The van der Waals surface area contributed by atoms with E-state index in [0.29, 0.717) is 24.0 Å². The number of ether oxygens (including phenoxy) is 1. The standard InChI is InChI=1S/C21H17F3N2O5S/c22-21(23,24)13-3-5-15-12(2-1-7-31-17(15)9-13)8-19(27)25-14-4-6-18-16(10-14)26-20(28)11-32(18,29)30/h3-6,8-10H,1-2,7,11H2,(H,25,27)(H,26,28). The van der Waals surface area contributed by atoms with Gasteiger partial charge in [-0.3, -0.25) is 9.59 Å². The molecule has 0 spiro atoms. The molecule has 2 aliphatic rings. The summed E-state index contributed by atoms with van der Waals surface area (Å²) in [5.74, 6) is -1.82. The van der Waals surface area contributed by atoms with Crippen LogP contribution in [-0.2, 0) is 25.6 Å². The minimum Gasteiger partial charge on any atom is -0.493 e. The molecule has 11 heteroatoms. The Morgan fingerprint density at radius 1 is 1.16 bits per heavy atom. The van der Waals surface area contributed by atoms with Gasteiger partial charge in [-0.25, -0.2) is 8.42 Å². The summed E-state index contributed by atoms with van der Waals surface area (Å²) >= 11 is 0. The molecule has 2 heterocycles. The Balaban J connectivity index is 1.60. The van der Waals surface area contributed by atoms with Gasteiger partial charge in [0.15, 0.2) is 9.84 Å². The van der Waals surface area contributed by atoms with Crippen LogP contribution in [-0.4, -0.2) is 32.6 Å². The first kappa shape index (κ1) is 21.9. The van der Waals surface area contributed by atoms with E-state index in [-0.39, 0.29) is 28.6 Å². The smallest absolute Gasteiger partial charge is 0.416 e. The van der Waals surface area contributed by atoms with Gasteiger partial charge in [-0.15, -0.1) is 0 Å². The second-order valence-corrected chi connectivity index (χ2v) is 9.30. The molecule has 2 aliphatic heterocycles. The molecule has 0 aromatic heterocycles. The largest absolute Gasteiger partial charge is 0.493 e. The Morgan fingerprint density at radius 3 is 2.69 bits per heavy atom. The second-order valence-electron chi connectivity index (χ2n) is 7.34. The first-order valence-corrected chi connectivity index (χ1v) is 11.2. The van der Waals surface area contributed by atoms with E-state index in [4.69, 9.17) is 4.74 Å². The molecule has 32 heavy (non-hydrogen) atoms. The molecule has 2 aromatic rings. The number of carbonyl (C=O) groups excluding carboxylic acids is 2. The summed E-state index contributed by atoms with van der Waals surface area (Å²) in [4.78, 5) is 24.1. The number of sulfone groups is 1. The maximum absolute atomic E-state index is 13.0. The quantitative estimate of drug-likeness (QED) is 0.659. The van der Waals surface area contributed by atoms with Crippen molar-refractivity contribution >= 4 is 38.6 Å². The van der Waals surface area contributed by atoms with Crippen LogP contribution in [0, 0.1) is 0 Å². The number of hydrogen-bond acceptors (Lipinski definition) is 5. The highest BCUT2D eigenvalue weighted by Crippen LogP contribution is 2.38. The third kappa shape index (κ3) is 4.47. The molecule has 7 nitrogen and oxygen atoms in total. The van der Waals surface area contributed by atoms with E-state index in [1.54, 1.807) is 0 Å². The van der Waals surface area contributed by atoms with Crippen LogP contribution < -0.4 is 15.4 Å². The number of amides is 2. The Kier molecular flexibility index (Phi) is 5.45. The number of halogens is 3. The van der Waals surface area contributed by atoms with Crippen molar-refractivity contribution in [1.82, 2.24) is 0 Å². The molecule has 0 saturated heterocycles. The normalized spacial score (nSPS) is 18.6. The van der Waals surface area contributed by atoms with Gasteiger partial charge in [0.25, 0.3) is 0 Å². The van der Waals surface area contributed by atoms with Crippen molar-refractivity contribution in [1.29, 1.82) is 0 Å². The molecule has 4 rings (SSSR count). The van der Waals surface area contributed by atoms with Gasteiger partial charge in [-0.2, -0.15) is 13.2 Å². The van der Waals surface area contributed by atoms with Gasteiger partial charge in [0, 0.05) is 17.3 Å². The lowest BCUT2D eigenvalue weighted by Crippen LogP contribution is -2.29. The fraction of sp³-hybridized carbons (Fsp3) is 0.238. The summed E-state index contributed by atoms with van der Waals surface area (Å²) in [6.07, 6.45) is -2.31. The van der Waals surface area contributed by atoms with Gasteiger partial charge in [0.05, 0.1) is 22.8 Å². The molecule has 0 radical (unpaired) electrons. The Morgan fingerprint density at radius 2 is 1.94 bits per heavy atom. The Labute approximate surface area is 181 Å². The van der Waals surface area contributed by atoms with Crippen LogP contribution in [0.5, 0.6) is 5.75 Å². The van der Waals surface area contributed by atoms with Crippen LogP contribution in [0.1, 0.15) is 24.0 Å². The number of hydrogen-bond donors (Lipinski definition) is 2. The minimum atomic E-state index is -4.51. The average molecular weight is 466 g/mol. The predicted octanol–water partition coefficient (Wildman–Crippen LogP) is 3.63. The van der Waals surface area contributed by atoms with E-state index in [1.165, 1.54) is 30.3 Å². The highest BCUT2D eigenvalue weighted by molar-refractivity contribution is 7.92. The zero-order chi connectivity index (χ0) is 23.1. The lowest BCUT2D eigenvalue weighted by Gasteiger charge is -2.18. The summed E-state index contributed by atoms with van der Waals surface area (Å²) in [5.41, 5.74) is 0.389. The molecule has 0 aliphatic carbocycles. The van der Waals surface area contributed by atoms with Crippen LogP contribution in [0.25, 0.3) is 5.57 Å². The molecule has 2 amide bonds. The first-order chi connectivity index (χ1) is 15.0. The van der Waals surface area contributed by atoms with E-state index in [2.05, 4.69) is 10.6 Å². The minimum absolute atomic E-state index is 0.0382. The van der Waals surface area contributed by atoms with E-state index >= 15 is 0 Å². The third-order valence-corrected chi connectivity index (χ3v) is 6.65. The molecular weight excluding hydrogens is 449 g/mol. The first-order valence-electron chi connectivity index (χ1n) is 9.55. The maximum Gasteiger partial charge on any atom is 0.416 e. The van der Waals surface area contributed by atoms with Crippen LogP contribution in [0.4, 0.5) is 24.5 Å². The molecule has 0 fully saturated rings. The zero-order valence-corrected chi connectivity index (χ0v) is 17.3. The molecule has 2 N–H and O–H groups in total. The highest BCUT2D eigenvalue weighted by atomic mass is 32.2. The maximum atomic E-state index is 13.0.